The Balaban J connectivity index is 1.96. The number of benzene rings is 2. The van der Waals surface area contributed by atoms with E-state index in [-0.39, 0.29) is 17.5 Å². The fourth-order valence-corrected chi connectivity index (χ4v) is 4.24. The molecule has 0 saturated carbocycles. The van der Waals surface area contributed by atoms with E-state index >= 15 is 0 Å². The van der Waals surface area contributed by atoms with Gasteiger partial charge in [-0.25, -0.2) is 0 Å². The van der Waals surface area contributed by atoms with Crippen LogP contribution in [0.3, 0.4) is 0 Å². The third-order valence-corrected chi connectivity index (χ3v) is 5.89. The summed E-state index contributed by atoms with van der Waals surface area (Å²) >= 11 is 0. The van der Waals surface area contributed by atoms with Crippen molar-refractivity contribution in [3.8, 4) is 0 Å². The molecular formula is C23H30N2O2. The number of hydrogen-bond donors (Lipinski definition) is 0. The molecule has 1 heterocycles. The highest BCUT2D eigenvalue weighted by Gasteiger charge is 2.45. The van der Waals surface area contributed by atoms with E-state index in [0.717, 1.165) is 18.4 Å². The molecule has 0 N–H and O–H groups in total. The Morgan fingerprint density at radius 3 is 2.33 bits per heavy atom. The summed E-state index contributed by atoms with van der Waals surface area (Å²) in [6.45, 7) is 4.00. The van der Waals surface area contributed by atoms with Crippen molar-refractivity contribution in [3.63, 3.8) is 0 Å². The fourth-order valence-electron chi connectivity index (χ4n) is 4.24. The van der Waals surface area contributed by atoms with E-state index in [9.17, 15) is 4.79 Å². The minimum atomic E-state index is -0.188. The van der Waals surface area contributed by atoms with E-state index in [1.165, 1.54) is 5.56 Å². The number of hydrogen-bond acceptors (Lipinski definition) is 3. The van der Waals surface area contributed by atoms with Gasteiger partial charge in [0.25, 0.3) is 5.91 Å². The molecule has 2 atom stereocenters. The largest absolute Gasteiger partial charge is 0.377 e. The lowest BCUT2D eigenvalue weighted by Gasteiger charge is -2.51. The Bertz CT molecular complexity index is 733. The molecular weight excluding hydrogens is 336 g/mol. The molecule has 4 nitrogen and oxygen atoms in total. The first-order valence-electron chi connectivity index (χ1n) is 9.73. The first-order chi connectivity index (χ1) is 13.1. The summed E-state index contributed by atoms with van der Waals surface area (Å²) in [5.41, 5.74) is 1.84. The molecule has 1 aliphatic heterocycles. The van der Waals surface area contributed by atoms with Crippen molar-refractivity contribution in [3.05, 3.63) is 71.8 Å². The lowest BCUT2D eigenvalue weighted by atomic mass is 9.79. The molecule has 0 spiro atoms. The highest BCUT2D eigenvalue weighted by Crippen LogP contribution is 2.32. The van der Waals surface area contributed by atoms with Gasteiger partial charge in [-0.3, -0.25) is 4.79 Å². The van der Waals surface area contributed by atoms with Gasteiger partial charge in [-0.05, 0) is 44.6 Å². The van der Waals surface area contributed by atoms with Crippen molar-refractivity contribution in [2.75, 3.05) is 33.9 Å². The van der Waals surface area contributed by atoms with E-state index < -0.39 is 0 Å². The van der Waals surface area contributed by atoms with Gasteiger partial charge in [0.2, 0.25) is 0 Å². The number of nitrogens with zero attached hydrogens (tertiary/aromatic N) is 2. The Morgan fingerprint density at radius 1 is 1.11 bits per heavy atom. The molecule has 3 rings (SSSR count). The van der Waals surface area contributed by atoms with Crippen molar-refractivity contribution in [2.45, 2.75) is 31.3 Å². The van der Waals surface area contributed by atoms with Crippen molar-refractivity contribution < 1.29 is 9.53 Å². The number of amides is 1. The molecule has 0 aromatic heterocycles. The molecule has 27 heavy (non-hydrogen) atoms. The highest BCUT2D eigenvalue weighted by molar-refractivity contribution is 5.94. The first kappa shape index (κ1) is 19.6. The maximum atomic E-state index is 13.3. The molecule has 1 aliphatic rings. The van der Waals surface area contributed by atoms with Gasteiger partial charge >= 0.3 is 0 Å². The summed E-state index contributed by atoms with van der Waals surface area (Å²) in [6, 6.07) is 20.1. The van der Waals surface area contributed by atoms with E-state index in [0.29, 0.717) is 19.8 Å². The molecule has 4 heteroatoms. The number of carbonyl (C=O) groups is 1. The van der Waals surface area contributed by atoms with Crippen LogP contribution in [0.25, 0.3) is 0 Å². The van der Waals surface area contributed by atoms with Crippen LogP contribution in [-0.2, 0) is 11.2 Å². The summed E-state index contributed by atoms with van der Waals surface area (Å²) in [4.78, 5) is 17.6. The minimum Gasteiger partial charge on any atom is -0.377 e. The average Bonchev–Trinajstić information content (AvgIpc) is 2.73. The lowest BCUT2D eigenvalue weighted by molar-refractivity contribution is -0.0618. The molecule has 144 valence electrons. The standard InChI is InChI=1S/C23H30N2O2/c1-4-23(24(2)3,17-19-11-7-5-8-12-19)21-18-27-16-15-25(21)22(26)20-13-9-6-10-14-20/h5-14,21H,4,15-18H2,1-3H3. The second-order valence-corrected chi connectivity index (χ2v) is 7.47. The zero-order valence-electron chi connectivity index (χ0n) is 16.6. The van der Waals surface area contributed by atoms with Crippen LogP contribution in [0.5, 0.6) is 0 Å². The smallest absolute Gasteiger partial charge is 0.254 e. The summed E-state index contributed by atoms with van der Waals surface area (Å²) in [5, 5.41) is 0. The van der Waals surface area contributed by atoms with Crippen LogP contribution in [-0.4, -0.2) is 61.1 Å². The molecule has 0 radical (unpaired) electrons. The average molecular weight is 367 g/mol. The fraction of sp³-hybridized carbons (Fsp3) is 0.435. The summed E-state index contributed by atoms with van der Waals surface area (Å²) in [5.74, 6) is 0.0941. The SMILES string of the molecule is CCC(Cc1ccccc1)(C1COCCN1C(=O)c1ccccc1)N(C)C. The van der Waals surface area contributed by atoms with Crippen LogP contribution in [0.15, 0.2) is 60.7 Å². The van der Waals surface area contributed by atoms with Gasteiger partial charge in [0.1, 0.15) is 0 Å². The Hall–Kier alpha value is -2.17. The van der Waals surface area contributed by atoms with Crippen LogP contribution >= 0.6 is 0 Å². The molecule has 2 aromatic rings. The van der Waals surface area contributed by atoms with E-state index in [1.807, 2.05) is 41.3 Å². The van der Waals surface area contributed by atoms with Gasteiger partial charge in [0.05, 0.1) is 19.3 Å². The van der Waals surface area contributed by atoms with E-state index in [1.54, 1.807) is 0 Å². The first-order valence-corrected chi connectivity index (χ1v) is 9.73. The van der Waals surface area contributed by atoms with Crippen LogP contribution in [0.2, 0.25) is 0 Å². The number of rotatable bonds is 6. The van der Waals surface area contributed by atoms with Gasteiger partial charge in [-0.2, -0.15) is 0 Å². The van der Waals surface area contributed by atoms with Gasteiger partial charge < -0.3 is 14.5 Å². The second-order valence-electron chi connectivity index (χ2n) is 7.47. The van der Waals surface area contributed by atoms with Crippen LogP contribution in [0, 0.1) is 0 Å². The van der Waals surface area contributed by atoms with E-state index in [2.05, 4.69) is 50.2 Å². The van der Waals surface area contributed by atoms with Gasteiger partial charge in [0, 0.05) is 17.6 Å². The minimum absolute atomic E-state index is 0.000776. The maximum Gasteiger partial charge on any atom is 0.254 e. The van der Waals surface area contributed by atoms with Gasteiger partial charge in [0.15, 0.2) is 0 Å². The van der Waals surface area contributed by atoms with Crippen molar-refractivity contribution in [2.24, 2.45) is 0 Å². The maximum absolute atomic E-state index is 13.3. The number of carbonyl (C=O) groups excluding carboxylic acids is 1. The highest BCUT2D eigenvalue weighted by atomic mass is 16.5. The normalized spacial score (nSPS) is 19.7. The summed E-state index contributed by atoms with van der Waals surface area (Å²) in [6.07, 6.45) is 1.81. The zero-order valence-corrected chi connectivity index (χ0v) is 16.6. The third-order valence-electron chi connectivity index (χ3n) is 5.89. The molecule has 2 unspecified atom stereocenters. The molecule has 1 saturated heterocycles. The van der Waals surface area contributed by atoms with Crippen molar-refractivity contribution in [1.29, 1.82) is 0 Å². The molecule has 0 bridgehead atoms. The Labute approximate surface area is 162 Å². The molecule has 0 aliphatic carbocycles. The molecule has 2 aromatic carbocycles. The van der Waals surface area contributed by atoms with E-state index in [4.69, 9.17) is 4.74 Å². The monoisotopic (exact) mass is 366 g/mol. The predicted octanol–water partition coefficient (Wildman–Crippen LogP) is 3.48. The van der Waals surface area contributed by atoms with Crippen LogP contribution < -0.4 is 0 Å². The van der Waals surface area contributed by atoms with Gasteiger partial charge in [-0.1, -0.05) is 55.5 Å². The zero-order chi connectivity index (χ0) is 19.3. The quantitative estimate of drug-likeness (QED) is 0.785. The number of likely N-dealkylation sites (N-methyl/N-ethyl adjacent to an activating group) is 1. The number of ether oxygens (including phenoxy) is 1. The molecule has 1 amide bonds. The van der Waals surface area contributed by atoms with Crippen LogP contribution in [0.1, 0.15) is 29.3 Å². The topological polar surface area (TPSA) is 32.8 Å². The molecule has 1 fully saturated rings. The predicted molar refractivity (Wildman–Crippen MR) is 109 cm³/mol. The second kappa shape index (κ2) is 8.68. The Kier molecular flexibility index (Phi) is 6.30. The number of morpholine rings is 1. The summed E-state index contributed by atoms with van der Waals surface area (Å²) < 4.78 is 5.87. The van der Waals surface area contributed by atoms with Gasteiger partial charge in [-0.15, -0.1) is 0 Å². The van der Waals surface area contributed by atoms with Crippen molar-refractivity contribution >= 4 is 5.91 Å². The van der Waals surface area contributed by atoms with Crippen molar-refractivity contribution in [1.82, 2.24) is 9.80 Å². The Morgan fingerprint density at radius 2 is 1.74 bits per heavy atom. The lowest BCUT2D eigenvalue weighted by Crippen LogP contribution is -2.66. The third kappa shape index (κ3) is 4.07. The van der Waals surface area contributed by atoms with Crippen LogP contribution in [0.4, 0.5) is 0 Å². The summed E-state index contributed by atoms with van der Waals surface area (Å²) in [7, 11) is 4.23.